The van der Waals surface area contributed by atoms with E-state index in [0.717, 1.165) is 23.6 Å². The molecule has 4 rings (SSSR count). The number of furan rings is 1. The Kier molecular flexibility index (Phi) is 6.34. The summed E-state index contributed by atoms with van der Waals surface area (Å²) in [5.41, 5.74) is 0.985. The first kappa shape index (κ1) is 19.8. The van der Waals surface area contributed by atoms with Crippen LogP contribution in [-0.4, -0.2) is 32.5 Å². The molecule has 2 atom stereocenters. The summed E-state index contributed by atoms with van der Waals surface area (Å²) in [6.07, 6.45) is 6.38. The average molecular weight is 411 g/mol. The van der Waals surface area contributed by atoms with E-state index in [-0.39, 0.29) is 11.9 Å². The molecule has 152 valence electrons. The Hall–Kier alpha value is -2.54. The van der Waals surface area contributed by atoms with E-state index < -0.39 is 0 Å². The lowest BCUT2D eigenvalue weighted by molar-refractivity contribution is -0.119. The molecule has 0 bridgehead atoms. The fraction of sp³-hybridized carbons (Fsp3) is 0.409. The van der Waals surface area contributed by atoms with Crippen LogP contribution >= 0.6 is 11.8 Å². The van der Waals surface area contributed by atoms with E-state index in [9.17, 15) is 4.79 Å². The number of amides is 1. The molecule has 29 heavy (non-hydrogen) atoms. The zero-order valence-electron chi connectivity index (χ0n) is 16.6. The highest BCUT2D eigenvalue weighted by molar-refractivity contribution is 7.99. The quantitative estimate of drug-likeness (QED) is 0.586. The molecule has 0 saturated heterocycles. The molecule has 0 radical (unpaired) electrons. The lowest BCUT2D eigenvalue weighted by Crippen LogP contribution is -2.41. The smallest absolute Gasteiger partial charge is 0.230 e. The molecule has 1 amide bonds. The number of aromatic nitrogens is 3. The molecular formula is C22H26N4O2S. The lowest BCUT2D eigenvalue weighted by Gasteiger charge is -2.29. The second kappa shape index (κ2) is 9.31. The second-order valence-electron chi connectivity index (χ2n) is 7.56. The van der Waals surface area contributed by atoms with Crippen molar-refractivity contribution in [1.82, 2.24) is 20.1 Å². The predicted molar refractivity (Wildman–Crippen MR) is 114 cm³/mol. The molecule has 6 nitrogen and oxygen atoms in total. The van der Waals surface area contributed by atoms with Crippen molar-refractivity contribution in [2.24, 2.45) is 5.92 Å². The number of hydrogen-bond acceptors (Lipinski definition) is 5. The van der Waals surface area contributed by atoms with E-state index in [1.165, 1.54) is 31.0 Å². The van der Waals surface area contributed by atoms with Crippen LogP contribution in [0.25, 0.3) is 11.4 Å². The van der Waals surface area contributed by atoms with Crippen molar-refractivity contribution >= 4 is 17.7 Å². The molecule has 1 saturated carbocycles. The number of hydrogen-bond donors (Lipinski definition) is 1. The van der Waals surface area contributed by atoms with Gasteiger partial charge in [0, 0.05) is 11.6 Å². The van der Waals surface area contributed by atoms with E-state index in [1.54, 1.807) is 6.26 Å². The van der Waals surface area contributed by atoms with Gasteiger partial charge in [-0.3, -0.25) is 9.36 Å². The molecule has 2 heterocycles. The van der Waals surface area contributed by atoms with E-state index in [2.05, 4.69) is 22.4 Å². The molecule has 2 aromatic heterocycles. The number of rotatable bonds is 7. The first-order chi connectivity index (χ1) is 14.2. The predicted octanol–water partition coefficient (Wildman–Crippen LogP) is 4.37. The Balaban J connectivity index is 1.48. The standard InChI is InChI=1S/C22H26N4O2S/c1-16-8-5-6-12-19(16)23-20(27)15-29-22-25-24-21(17-9-3-2-4-10-17)26(22)14-18-11-7-13-28-18/h2-4,7,9-11,13,16,19H,5-6,8,12,14-15H2,1H3,(H,23,27). The van der Waals surface area contributed by atoms with Gasteiger partial charge < -0.3 is 9.73 Å². The highest BCUT2D eigenvalue weighted by Crippen LogP contribution is 2.26. The zero-order valence-corrected chi connectivity index (χ0v) is 17.4. The number of carbonyl (C=O) groups excluding carboxylic acids is 1. The first-order valence-corrected chi connectivity index (χ1v) is 11.1. The number of nitrogens with one attached hydrogen (secondary N) is 1. The van der Waals surface area contributed by atoms with Crippen molar-refractivity contribution in [2.75, 3.05) is 5.75 Å². The van der Waals surface area contributed by atoms with Gasteiger partial charge in [-0.05, 0) is 30.9 Å². The van der Waals surface area contributed by atoms with E-state index in [4.69, 9.17) is 4.42 Å². The summed E-state index contributed by atoms with van der Waals surface area (Å²) < 4.78 is 7.53. The molecule has 0 aliphatic heterocycles. The van der Waals surface area contributed by atoms with Crippen LogP contribution in [0, 0.1) is 5.92 Å². The first-order valence-electron chi connectivity index (χ1n) is 10.1. The normalized spacial score (nSPS) is 19.2. The highest BCUT2D eigenvalue weighted by Gasteiger charge is 2.23. The van der Waals surface area contributed by atoms with E-state index in [1.807, 2.05) is 47.0 Å². The molecule has 7 heteroatoms. The maximum Gasteiger partial charge on any atom is 0.230 e. The third-order valence-electron chi connectivity index (χ3n) is 5.43. The van der Waals surface area contributed by atoms with E-state index >= 15 is 0 Å². The van der Waals surface area contributed by atoms with Gasteiger partial charge in [-0.2, -0.15) is 0 Å². The summed E-state index contributed by atoms with van der Waals surface area (Å²) in [7, 11) is 0. The fourth-order valence-electron chi connectivity index (χ4n) is 3.81. The second-order valence-corrected chi connectivity index (χ2v) is 8.50. The van der Waals surface area contributed by atoms with Gasteiger partial charge in [0.25, 0.3) is 0 Å². The van der Waals surface area contributed by atoms with Crippen molar-refractivity contribution in [3.05, 3.63) is 54.5 Å². The van der Waals surface area contributed by atoms with Crippen LogP contribution in [0.4, 0.5) is 0 Å². The van der Waals surface area contributed by atoms with Crippen LogP contribution in [0.1, 0.15) is 38.4 Å². The average Bonchev–Trinajstić information content (AvgIpc) is 3.39. The lowest BCUT2D eigenvalue weighted by atomic mass is 9.86. The van der Waals surface area contributed by atoms with Crippen LogP contribution in [0.3, 0.4) is 0 Å². The zero-order chi connectivity index (χ0) is 20.1. The molecule has 1 fully saturated rings. The van der Waals surface area contributed by atoms with Gasteiger partial charge in [0.05, 0.1) is 18.6 Å². The number of benzene rings is 1. The fourth-order valence-corrected chi connectivity index (χ4v) is 4.56. The summed E-state index contributed by atoms with van der Waals surface area (Å²) >= 11 is 1.42. The third-order valence-corrected chi connectivity index (χ3v) is 6.40. The van der Waals surface area contributed by atoms with Crippen molar-refractivity contribution in [3.8, 4) is 11.4 Å². The van der Waals surface area contributed by atoms with Crippen LogP contribution in [0.2, 0.25) is 0 Å². The minimum absolute atomic E-state index is 0.0579. The Morgan fingerprint density at radius 1 is 1.17 bits per heavy atom. The van der Waals surface area contributed by atoms with Gasteiger partial charge in [0.1, 0.15) is 5.76 Å². The van der Waals surface area contributed by atoms with Crippen molar-refractivity contribution in [3.63, 3.8) is 0 Å². The maximum absolute atomic E-state index is 12.5. The van der Waals surface area contributed by atoms with E-state index in [0.29, 0.717) is 23.4 Å². The monoisotopic (exact) mass is 410 g/mol. The summed E-state index contributed by atoms with van der Waals surface area (Å²) in [4.78, 5) is 12.5. The maximum atomic E-state index is 12.5. The van der Waals surface area contributed by atoms with Gasteiger partial charge in [-0.25, -0.2) is 0 Å². The van der Waals surface area contributed by atoms with Crippen molar-refractivity contribution in [1.29, 1.82) is 0 Å². The topological polar surface area (TPSA) is 73.0 Å². The summed E-state index contributed by atoms with van der Waals surface area (Å²) in [6, 6.07) is 14.0. The molecule has 1 N–H and O–H groups in total. The summed E-state index contributed by atoms with van der Waals surface area (Å²) in [5, 5.41) is 12.7. The van der Waals surface area contributed by atoms with Gasteiger partial charge in [-0.1, -0.05) is 61.9 Å². The number of thioether (sulfide) groups is 1. The van der Waals surface area contributed by atoms with Gasteiger partial charge in [0.15, 0.2) is 11.0 Å². The Morgan fingerprint density at radius 2 is 2.00 bits per heavy atom. The SMILES string of the molecule is CC1CCCCC1NC(=O)CSc1nnc(-c2ccccc2)n1Cc1ccco1. The van der Waals surface area contributed by atoms with Gasteiger partial charge >= 0.3 is 0 Å². The Bertz CT molecular complexity index is 924. The van der Waals surface area contributed by atoms with Gasteiger partial charge in [-0.15, -0.1) is 10.2 Å². The molecule has 2 unspecified atom stereocenters. The minimum atomic E-state index is 0.0579. The highest BCUT2D eigenvalue weighted by atomic mass is 32.2. The molecule has 1 aromatic carbocycles. The largest absolute Gasteiger partial charge is 0.467 e. The number of nitrogens with zero attached hydrogens (tertiary/aromatic N) is 3. The third kappa shape index (κ3) is 4.90. The molecule has 1 aliphatic rings. The van der Waals surface area contributed by atoms with Crippen LogP contribution < -0.4 is 5.32 Å². The summed E-state index contributed by atoms with van der Waals surface area (Å²) in [6.45, 7) is 2.75. The Labute approximate surface area is 175 Å². The Morgan fingerprint density at radius 3 is 2.76 bits per heavy atom. The molecular weight excluding hydrogens is 384 g/mol. The number of carbonyl (C=O) groups is 1. The van der Waals surface area contributed by atoms with Crippen LogP contribution in [-0.2, 0) is 11.3 Å². The molecule has 1 aliphatic carbocycles. The van der Waals surface area contributed by atoms with Gasteiger partial charge in [0.2, 0.25) is 5.91 Å². The van der Waals surface area contributed by atoms with Crippen molar-refractivity contribution < 1.29 is 9.21 Å². The van der Waals surface area contributed by atoms with Crippen LogP contribution in [0.15, 0.2) is 58.3 Å². The van der Waals surface area contributed by atoms with Crippen LogP contribution in [0.5, 0.6) is 0 Å². The molecule has 3 aromatic rings. The molecule has 0 spiro atoms. The van der Waals surface area contributed by atoms with Crippen molar-refractivity contribution in [2.45, 2.75) is 50.4 Å². The minimum Gasteiger partial charge on any atom is -0.467 e. The summed E-state index contributed by atoms with van der Waals surface area (Å²) in [5.74, 6) is 2.52.